The molecule has 0 unspecified atom stereocenters. The molecule has 0 bridgehead atoms. The van der Waals surface area contributed by atoms with Gasteiger partial charge in [0.2, 0.25) is 0 Å². The zero-order valence-electron chi connectivity index (χ0n) is 19.8. The highest BCUT2D eigenvalue weighted by molar-refractivity contribution is 8.00. The van der Waals surface area contributed by atoms with E-state index in [4.69, 9.17) is 0 Å². The van der Waals surface area contributed by atoms with Crippen molar-refractivity contribution in [2.24, 2.45) is 0 Å². The second-order valence-corrected chi connectivity index (χ2v) is 12.4. The van der Waals surface area contributed by atoms with Gasteiger partial charge in [-0.3, -0.25) is 8.89 Å². The van der Waals surface area contributed by atoms with E-state index >= 15 is 0 Å². The van der Waals surface area contributed by atoms with Crippen molar-refractivity contribution in [1.29, 1.82) is 5.26 Å². The Morgan fingerprint density at radius 3 is 2.54 bits per heavy atom. The van der Waals surface area contributed by atoms with Gasteiger partial charge in [-0.05, 0) is 47.4 Å². The molecule has 180 valence electrons. The maximum atomic E-state index is 12.2. The Hall–Kier alpha value is -3.68. The lowest BCUT2D eigenvalue weighted by atomic mass is 10.0. The van der Waals surface area contributed by atoms with Crippen molar-refractivity contribution in [3.05, 3.63) is 54.7 Å². The van der Waals surface area contributed by atoms with Gasteiger partial charge in [0.1, 0.15) is 11.9 Å². The molecule has 0 aliphatic carbocycles. The van der Waals surface area contributed by atoms with E-state index in [-0.39, 0.29) is 0 Å². The third-order valence-electron chi connectivity index (χ3n) is 6.10. The molecule has 4 aromatic rings. The number of aromatic nitrogens is 5. The predicted molar refractivity (Wildman–Crippen MR) is 138 cm³/mol. The molecule has 1 N–H and O–H groups in total. The van der Waals surface area contributed by atoms with Crippen LogP contribution in [-0.2, 0) is 16.1 Å². The lowest BCUT2D eigenvalue weighted by Crippen LogP contribution is -2.40. The van der Waals surface area contributed by atoms with Crippen molar-refractivity contribution in [2.75, 3.05) is 29.5 Å². The fourth-order valence-electron chi connectivity index (χ4n) is 4.31. The molecule has 0 radical (unpaired) electrons. The summed E-state index contributed by atoms with van der Waals surface area (Å²) >= 11 is 0. The van der Waals surface area contributed by atoms with Gasteiger partial charge in [-0.2, -0.15) is 15.5 Å². The van der Waals surface area contributed by atoms with Crippen molar-refractivity contribution >= 4 is 26.7 Å². The Morgan fingerprint density at radius 1 is 1.11 bits per heavy atom. The van der Waals surface area contributed by atoms with E-state index in [1.807, 2.05) is 30.6 Å². The second-order valence-electron chi connectivity index (χ2n) is 9.61. The van der Waals surface area contributed by atoms with E-state index in [2.05, 4.69) is 32.0 Å². The number of fused-ring (bicyclic) bond motifs is 1. The van der Waals surface area contributed by atoms with Gasteiger partial charge in [0, 0.05) is 65.4 Å². The average Bonchev–Trinajstić information content (AvgIpc) is 3.44. The maximum Gasteiger partial charge on any atom is 0.128 e. The largest absolute Gasteiger partial charge is 0.389 e. The number of aliphatic hydroxyl groups is 1. The van der Waals surface area contributed by atoms with E-state index in [1.54, 1.807) is 41.6 Å². The number of pyridine rings is 2. The van der Waals surface area contributed by atoms with E-state index in [1.165, 1.54) is 0 Å². The van der Waals surface area contributed by atoms with Crippen molar-refractivity contribution in [3.63, 3.8) is 0 Å². The lowest BCUT2D eigenvalue weighted by molar-refractivity contribution is 0.0577. The molecule has 1 aliphatic rings. The molecule has 10 heteroatoms. The molecule has 9 nitrogen and oxygen atoms in total. The molecule has 0 saturated carbocycles. The summed E-state index contributed by atoms with van der Waals surface area (Å²) in [6, 6.07) is 8.19. The fraction of sp³-hybridized carbons (Fsp3) is 0.320. The van der Waals surface area contributed by atoms with Crippen LogP contribution in [-0.4, -0.2) is 69.8 Å². The Bertz CT molecular complexity index is 1520. The fourth-order valence-corrected chi connectivity index (χ4v) is 5.62. The van der Waals surface area contributed by atoms with Gasteiger partial charge >= 0.3 is 0 Å². The predicted octanol–water partition coefficient (Wildman–Crippen LogP) is 2.44. The van der Waals surface area contributed by atoms with Gasteiger partial charge in [-0.1, -0.05) is 0 Å². The molecule has 5 rings (SSSR count). The van der Waals surface area contributed by atoms with Crippen LogP contribution in [0.15, 0.2) is 49.2 Å². The first kappa shape index (κ1) is 23.1. The van der Waals surface area contributed by atoms with Crippen LogP contribution >= 0.6 is 0 Å². The third-order valence-corrected chi connectivity index (χ3v) is 7.95. The van der Waals surface area contributed by atoms with E-state index in [9.17, 15) is 14.6 Å². The Labute approximate surface area is 204 Å². The standard InChI is InChI=1S/C25H27N7O2S/c1-25(2,33)17-31-15-21(14-28-31)19-10-22(24-20(11-26)13-29-32(24)16-19)18-4-5-23(27-12-18)30-6-8-35(3,34)9-7-30/h4-5,10,12-16,33H,3,6-9,17H2,1-2H3. The monoisotopic (exact) mass is 489 g/mol. The molecule has 0 aromatic carbocycles. The minimum Gasteiger partial charge on any atom is -0.389 e. The molecule has 0 spiro atoms. The maximum absolute atomic E-state index is 12.2. The Kier molecular flexibility index (Phi) is 5.62. The van der Waals surface area contributed by atoms with Crippen LogP contribution in [0.3, 0.4) is 0 Å². The molecule has 4 aromatic heterocycles. The molecular formula is C25H27N7O2S. The number of nitrogens with zero attached hydrogens (tertiary/aromatic N) is 7. The van der Waals surface area contributed by atoms with Gasteiger partial charge < -0.3 is 10.0 Å². The minimum absolute atomic E-state index is 0.368. The quantitative estimate of drug-likeness (QED) is 0.429. The first-order valence-electron chi connectivity index (χ1n) is 11.3. The molecule has 0 atom stereocenters. The topological polar surface area (TPSA) is 112 Å². The first-order chi connectivity index (χ1) is 16.6. The molecular weight excluding hydrogens is 462 g/mol. The van der Waals surface area contributed by atoms with Crippen molar-refractivity contribution < 1.29 is 9.32 Å². The normalized spacial score (nSPS) is 15.9. The van der Waals surface area contributed by atoms with Crippen LogP contribution in [0.25, 0.3) is 27.8 Å². The van der Waals surface area contributed by atoms with Crippen molar-refractivity contribution in [1.82, 2.24) is 24.4 Å². The third kappa shape index (κ3) is 4.78. The molecule has 1 saturated heterocycles. The smallest absolute Gasteiger partial charge is 0.128 e. The highest BCUT2D eigenvalue weighted by Crippen LogP contribution is 2.32. The number of hydrogen-bond acceptors (Lipinski definition) is 7. The summed E-state index contributed by atoms with van der Waals surface area (Å²) in [4.78, 5) is 6.80. The summed E-state index contributed by atoms with van der Waals surface area (Å²) in [6.45, 7) is 5.19. The molecule has 35 heavy (non-hydrogen) atoms. The van der Waals surface area contributed by atoms with E-state index in [0.29, 0.717) is 42.2 Å². The van der Waals surface area contributed by atoms with Crippen molar-refractivity contribution in [3.8, 4) is 28.3 Å². The van der Waals surface area contributed by atoms with E-state index < -0.39 is 15.1 Å². The number of nitriles is 1. The first-order valence-corrected chi connectivity index (χ1v) is 13.4. The highest BCUT2D eigenvalue weighted by Gasteiger charge is 2.20. The Balaban J connectivity index is 1.53. The van der Waals surface area contributed by atoms with Gasteiger partial charge in [-0.15, -0.1) is 0 Å². The lowest BCUT2D eigenvalue weighted by Gasteiger charge is -2.29. The van der Waals surface area contributed by atoms with Gasteiger partial charge in [0.15, 0.2) is 0 Å². The van der Waals surface area contributed by atoms with Crippen molar-refractivity contribution in [2.45, 2.75) is 26.0 Å². The molecule has 0 amide bonds. The summed E-state index contributed by atoms with van der Waals surface area (Å²) in [7, 11) is -1.97. The van der Waals surface area contributed by atoms with Crippen LogP contribution in [0, 0.1) is 11.3 Å². The SMILES string of the molecule is C=S1(=O)CCN(c2ccc(-c3cc(-c4cnn(CC(C)(C)O)c4)cn4ncc(C#N)c34)cn2)CC1. The van der Waals surface area contributed by atoms with Crippen LogP contribution in [0.4, 0.5) is 5.82 Å². The number of anilines is 1. The van der Waals surface area contributed by atoms with Crippen LogP contribution in [0.2, 0.25) is 0 Å². The van der Waals surface area contributed by atoms with Gasteiger partial charge in [0.25, 0.3) is 0 Å². The second kappa shape index (κ2) is 8.52. The summed E-state index contributed by atoms with van der Waals surface area (Å²) < 4.78 is 15.6. The minimum atomic E-state index is -1.97. The number of rotatable bonds is 5. The van der Waals surface area contributed by atoms with Crippen LogP contribution in [0.1, 0.15) is 19.4 Å². The van der Waals surface area contributed by atoms with Gasteiger partial charge in [-0.25, -0.2) is 9.50 Å². The zero-order valence-corrected chi connectivity index (χ0v) is 20.6. The summed E-state index contributed by atoms with van der Waals surface area (Å²) in [5, 5.41) is 28.6. The average molecular weight is 490 g/mol. The summed E-state index contributed by atoms with van der Waals surface area (Å²) in [6.07, 6.45) is 8.87. The van der Waals surface area contributed by atoms with Crippen LogP contribution in [0.5, 0.6) is 0 Å². The summed E-state index contributed by atoms with van der Waals surface area (Å²) in [5.74, 6) is 5.80. The molecule has 1 fully saturated rings. The number of hydrogen-bond donors (Lipinski definition) is 1. The van der Waals surface area contributed by atoms with Crippen LogP contribution < -0.4 is 4.90 Å². The Morgan fingerprint density at radius 2 is 1.89 bits per heavy atom. The zero-order chi connectivity index (χ0) is 24.8. The summed E-state index contributed by atoms with van der Waals surface area (Å²) in [5.41, 5.74) is 3.77. The van der Waals surface area contributed by atoms with Gasteiger partial charge in [0.05, 0.1) is 35.6 Å². The molecule has 1 aliphatic heterocycles. The van der Waals surface area contributed by atoms with E-state index in [0.717, 1.165) is 28.1 Å². The molecule has 5 heterocycles. The highest BCUT2D eigenvalue weighted by atomic mass is 32.2.